The number of ether oxygens (including phenoxy) is 1. The Balaban J connectivity index is 1.95. The highest BCUT2D eigenvalue weighted by atomic mass is 32.1. The lowest BCUT2D eigenvalue weighted by Crippen LogP contribution is -2.05. The van der Waals surface area contributed by atoms with E-state index in [-0.39, 0.29) is 5.97 Å². The van der Waals surface area contributed by atoms with Crippen LogP contribution in [0.1, 0.15) is 49.4 Å². The molecule has 128 valence electrons. The number of aromatic nitrogens is 2. The van der Waals surface area contributed by atoms with Gasteiger partial charge < -0.3 is 4.74 Å². The van der Waals surface area contributed by atoms with Crippen molar-refractivity contribution in [3.05, 3.63) is 30.1 Å². The molecule has 2 heterocycles. The van der Waals surface area contributed by atoms with Crippen molar-refractivity contribution in [2.24, 2.45) is 4.99 Å². The standard InChI is InChI=1S/C19H19N3O2S/c1-2-24-19(23)13-9-6-10-14-15(13)16-17(20-11-21-18(16)25-14)22-12-7-4-3-5-8-12/h6,9-11H,2-5,7-8H2,1H3. The number of thiophene rings is 1. The average Bonchev–Trinajstić information content (AvgIpc) is 3.02. The molecule has 6 heteroatoms. The Morgan fingerprint density at radius 1 is 1.20 bits per heavy atom. The van der Waals surface area contributed by atoms with Crippen LogP contribution in [0, 0.1) is 0 Å². The van der Waals surface area contributed by atoms with Crippen LogP contribution in [0.15, 0.2) is 29.5 Å². The molecule has 25 heavy (non-hydrogen) atoms. The predicted octanol–water partition coefficient (Wildman–Crippen LogP) is 5.06. The fraction of sp³-hybridized carbons (Fsp3) is 0.368. The first-order valence-corrected chi connectivity index (χ1v) is 9.49. The van der Waals surface area contributed by atoms with Crippen molar-refractivity contribution in [1.82, 2.24) is 9.97 Å². The molecule has 2 aromatic heterocycles. The number of hydrogen-bond donors (Lipinski definition) is 0. The molecule has 0 saturated heterocycles. The molecule has 5 nitrogen and oxygen atoms in total. The minimum Gasteiger partial charge on any atom is -0.462 e. The summed E-state index contributed by atoms with van der Waals surface area (Å²) in [5, 5.41) is 1.72. The van der Waals surface area contributed by atoms with Crippen LogP contribution in [0.3, 0.4) is 0 Å². The molecule has 0 unspecified atom stereocenters. The van der Waals surface area contributed by atoms with Crippen LogP contribution in [0.25, 0.3) is 20.3 Å². The maximum absolute atomic E-state index is 12.4. The van der Waals surface area contributed by atoms with Crippen molar-refractivity contribution >= 4 is 49.1 Å². The fourth-order valence-electron chi connectivity index (χ4n) is 3.32. The number of aliphatic imine (C=N–C) groups is 1. The second-order valence-corrected chi connectivity index (χ2v) is 7.15. The third kappa shape index (κ3) is 3.02. The van der Waals surface area contributed by atoms with Gasteiger partial charge in [-0.25, -0.2) is 19.8 Å². The topological polar surface area (TPSA) is 64.4 Å². The first-order valence-electron chi connectivity index (χ1n) is 8.67. The van der Waals surface area contributed by atoms with Gasteiger partial charge in [0.05, 0.1) is 17.6 Å². The number of carbonyl (C=O) groups excluding carboxylic acids is 1. The van der Waals surface area contributed by atoms with Gasteiger partial charge in [0.2, 0.25) is 0 Å². The number of nitrogens with zero attached hydrogens (tertiary/aromatic N) is 3. The Labute approximate surface area is 149 Å². The Kier molecular flexibility index (Phi) is 4.44. The van der Waals surface area contributed by atoms with Gasteiger partial charge in [-0.2, -0.15) is 0 Å². The Bertz CT molecular complexity index is 969. The van der Waals surface area contributed by atoms with Gasteiger partial charge in [0.25, 0.3) is 0 Å². The van der Waals surface area contributed by atoms with Crippen molar-refractivity contribution in [2.45, 2.75) is 39.0 Å². The molecule has 0 amide bonds. The highest BCUT2D eigenvalue weighted by Crippen LogP contribution is 2.39. The largest absolute Gasteiger partial charge is 0.462 e. The van der Waals surface area contributed by atoms with E-state index in [0.29, 0.717) is 18.0 Å². The zero-order valence-electron chi connectivity index (χ0n) is 14.1. The molecule has 0 radical (unpaired) electrons. The van der Waals surface area contributed by atoms with Crippen LogP contribution < -0.4 is 0 Å². The Morgan fingerprint density at radius 2 is 2.04 bits per heavy atom. The van der Waals surface area contributed by atoms with Crippen molar-refractivity contribution in [3.8, 4) is 0 Å². The molecule has 0 N–H and O–H groups in total. The molecular weight excluding hydrogens is 334 g/mol. The second-order valence-electron chi connectivity index (χ2n) is 6.12. The maximum Gasteiger partial charge on any atom is 0.338 e. The van der Waals surface area contributed by atoms with Crippen LogP contribution in [0.2, 0.25) is 0 Å². The molecule has 1 aromatic carbocycles. The van der Waals surface area contributed by atoms with E-state index in [0.717, 1.165) is 33.1 Å². The average molecular weight is 353 g/mol. The third-order valence-electron chi connectivity index (χ3n) is 4.47. The van der Waals surface area contributed by atoms with Crippen LogP contribution in [-0.2, 0) is 4.74 Å². The maximum atomic E-state index is 12.4. The molecule has 0 atom stereocenters. The van der Waals surface area contributed by atoms with Crippen LogP contribution in [-0.4, -0.2) is 28.3 Å². The predicted molar refractivity (Wildman–Crippen MR) is 101 cm³/mol. The lowest BCUT2D eigenvalue weighted by molar-refractivity contribution is 0.0529. The molecule has 1 fully saturated rings. The van der Waals surface area contributed by atoms with E-state index < -0.39 is 0 Å². The van der Waals surface area contributed by atoms with Gasteiger partial charge in [-0.1, -0.05) is 12.5 Å². The summed E-state index contributed by atoms with van der Waals surface area (Å²) in [5.41, 5.74) is 1.75. The number of benzene rings is 1. The first kappa shape index (κ1) is 16.1. The van der Waals surface area contributed by atoms with Gasteiger partial charge in [0, 0.05) is 15.8 Å². The molecule has 4 rings (SSSR count). The highest BCUT2D eigenvalue weighted by Gasteiger charge is 2.19. The smallest absolute Gasteiger partial charge is 0.338 e. The van der Waals surface area contributed by atoms with Gasteiger partial charge in [0.1, 0.15) is 11.2 Å². The van der Waals surface area contributed by atoms with E-state index in [2.05, 4.69) is 9.97 Å². The molecule has 0 aliphatic heterocycles. The second kappa shape index (κ2) is 6.88. The number of fused-ring (bicyclic) bond motifs is 3. The molecule has 0 bridgehead atoms. The number of rotatable bonds is 3. The monoisotopic (exact) mass is 353 g/mol. The Hall–Kier alpha value is -2.34. The highest BCUT2D eigenvalue weighted by molar-refractivity contribution is 7.25. The lowest BCUT2D eigenvalue weighted by Gasteiger charge is -2.12. The van der Waals surface area contributed by atoms with Crippen molar-refractivity contribution in [3.63, 3.8) is 0 Å². The van der Waals surface area contributed by atoms with Gasteiger partial charge in [-0.15, -0.1) is 11.3 Å². The van der Waals surface area contributed by atoms with E-state index >= 15 is 0 Å². The summed E-state index contributed by atoms with van der Waals surface area (Å²) in [7, 11) is 0. The van der Waals surface area contributed by atoms with Gasteiger partial charge >= 0.3 is 5.97 Å². The molecule has 1 aliphatic rings. The normalized spacial score (nSPS) is 14.8. The van der Waals surface area contributed by atoms with E-state index in [1.807, 2.05) is 19.1 Å². The van der Waals surface area contributed by atoms with E-state index in [1.165, 1.54) is 25.0 Å². The van der Waals surface area contributed by atoms with Crippen LogP contribution >= 0.6 is 11.3 Å². The third-order valence-corrected chi connectivity index (χ3v) is 5.53. The van der Waals surface area contributed by atoms with E-state index in [9.17, 15) is 4.79 Å². The summed E-state index contributed by atoms with van der Waals surface area (Å²) in [5.74, 6) is 0.359. The zero-order chi connectivity index (χ0) is 17.2. The quantitative estimate of drug-likeness (QED) is 0.618. The van der Waals surface area contributed by atoms with Gasteiger partial charge in [0.15, 0.2) is 5.82 Å². The van der Waals surface area contributed by atoms with E-state index in [1.54, 1.807) is 23.7 Å². The molecule has 0 spiro atoms. The molecular formula is C19H19N3O2S. The number of hydrogen-bond acceptors (Lipinski definition) is 6. The Morgan fingerprint density at radius 3 is 2.84 bits per heavy atom. The fourth-order valence-corrected chi connectivity index (χ4v) is 4.38. The van der Waals surface area contributed by atoms with Crippen LogP contribution in [0.5, 0.6) is 0 Å². The summed E-state index contributed by atoms with van der Waals surface area (Å²) in [4.78, 5) is 26.9. The molecule has 1 saturated carbocycles. The minimum atomic E-state index is -0.312. The first-order chi connectivity index (χ1) is 12.3. The van der Waals surface area contributed by atoms with Crippen molar-refractivity contribution in [2.75, 3.05) is 6.61 Å². The number of carbonyl (C=O) groups is 1. The van der Waals surface area contributed by atoms with Crippen molar-refractivity contribution in [1.29, 1.82) is 0 Å². The molecule has 1 aliphatic carbocycles. The summed E-state index contributed by atoms with van der Waals surface area (Å²) in [6.07, 6.45) is 7.25. The lowest BCUT2D eigenvalue weighted by atomic mass is 9.98. The molecule has 3 aromatic rings. The van der Waals surface area contributed by atoms with Crippen molar-refractivity contribution < 1.29 is 9.53 Å². The summed E-state index contributed by atoms with van der Waals surface area (Å²) < 4.78 is 6.24. The summed E-state index contributed by atoms with van der Waals surface area (Å²) in [6.45, 7) is 2.16. The minimum absolute atomic E-state index is 0.312. The number of esters is 1. The van der Waals surface area contributed by atoms with Gasteiger partial charge in [-0.3, -0.25) is 0 Å². The zero-order valence-corrected chi connectivity index (χ0v) is 14.9. The van der Waals surface area contributed by atoms with Crippen LogP contribution in [0.4, 0.5) is 5.82 Å². The van der Waals surface area contributed by atoms with E-state index in [4.69, 9.17) is 9.73 Å². The summed E-state index contributed by atoms with van der Waals surface area (Å²) in [6, 6.07) is 5.68. The van der Waals surface area contributed by atoms with Gasteiger partial charge in [-0.05, 0) is 44.7 Å². The summed E-state index contributed by atoms with van der Waals surface area (Å²) >= 11 is 1.56. The SMILES string of the molecule is CCOC(=O)c1cccc2sc3ncnc(N=C4CCCCC4)c3c12.